The molecule has 0 unspecified atom stereocenters. The Hall–Kier alpha value is -2.34. The zero-order chi connectivity index (χ0) is 15.1. The highest BCUT2D eigenvalue weighted by Gasteiger charge is 2.23. The van der Waals surface area contributed by atoms with Crippen LogP contribution in [0.3, 0.4) is 0 Å². The van der Waals surface area contributed by atoms with Crippen LogP contribution in [0.2, 0.25) is 0 Å². The second-order valence-electron chi connectivity index (χ2n) is 4.93. The van der Waals surface area contributed by atoms with Crippen molar-refractivity contribution in [3.8, 4) is 0 Å². The minimum atomic E-state index is -0.0979. The lowest BCUT2D eigenvalue weighted by Crippen LogP contribution is -2.26. The Morgan fingerprint density at radius 3 is 2.62 bits per heavy atom. The molecule has 0 fully saturated rings. The summed E-state index contributed by atoms with van der Waals surface area (Å²) in [5.74, 6) is -0.0979. The van der Waals surface area contributed by atoms with Gasteiger partial charge in [0.2, 0.25) is 0 Å². The Morgan fingerprint density at radius 2 is 2.00 bits per heavy atom. The molecule has 3 aromatic rings. The third kappa shape index (κ3) is 2.08. The number of amides is 1. The van der Waals surface area contributed by atoms with Gasteiger partial charge in [0.15, 0.2) is 0 Å². The number of nitrogens with two attached hydrogens (primary N) is 1. The van der Waals surface area contributed by atoms with E-state index in [-0.39, 0.29) is 5.91 Å². The zero-order valence-corrected chi connectivity index (χ0v) is 12.9. The summed E-state index contributed by atoms with van der Waals surface area (Å²) in [7, 11) is 3.62. The Labute approximate surface area is 126 Å². The average molecular weight is 300 g/mol. The first-order valence-electron chi connectivity index (χ1n) is 6.55. The van der Waals surface area contributed by atoms with E-state index in [0.29, 0.717) is 10.6 Å². The molecule has 2 heterocycles. The third-order valence-corrected chi connectivity index (χ3v) is 4.79. The summed E-state index contributed by atoms with van der Waals surface area (Å²) in [6, 6.07) is 9.52. The number of fused-ring (bicyclic) bond motifs is 1. The van der Waals surface area contributed by atoms with Crippen LogP contribution in [-0.2, 0) is 7.05 Å². The van der Waals surface area contributed by atoms with E-state index in [9.17, 15) is 4.79 Å². The predicted octanol–water partition coefficient (Wildman–Crippen LogP) is 2.80. The Morgan fingerprint density at radius 1 is 1.33 bits per heavy atom. The minimum Gasteiger partial charge on any atom is -0.397 e. The molecule has 5 nitrogen and oxygen atoms in total. The van der Waals surface area contributed by atoms with E-state index >= 15 is 0 Å². The van der Waals surface area contributed by atoms with Crippen molar-refractivity contribution in [1.82, 2.24) is 9.78 Å². The van der Waals surface area contributed by atoms with Gasteiger partial charge in [-0.2, -0.15) is 5.10 Å². The summed E-state index contributed by atoms with van der Waals surface area (Å²) in [4.78, 5) is 15.8. The fraction of sp³-hybridized carbons (Fsp3) is 0.200. The van der Waals surface area contributed by atoms with Gasteiger partial charge >= 0.3 is 0 Å². The number of aryl methyl sites for hydroxylation is 2. The van der Waals surface area contributed by atoms with Gasteiger partial charge in [0.05, 0.1) is 16.8 Å². The fourth-order valence-electron chi connectivity index (χ4n) is 2.41. The minimum absolute atomic E-state index is 0.0979. The highest BCUT2D eigenvalue weighted by Crippen LogP contribution is 2.36. The van der Waals surface area contributed by atoms with Crippen molar-refractivity contribution >= 4 is 38.8 Å². The van der Waals surface area contributed by atoms with Crippen LogP contribution in [-0.4, -0.2) is 22.7 Å². The molecule has 1 aromatic carbocycles. The number of nitrogen functional groups attached to an aromatic ring is 1. The molecule has 0 saturated heterocycles. The molecule has 0 aliphatic rings. The van der Waals surface area contributed by atoms with E-state index in [1.807, 2.05) is 44.3 Å². The fourth-order valence-corrected chi connectivity index (χ4v) is 3.57. The second kappa shape index (κ2) is 4.89. The first-order valence-corrected chi connectivity index (χ1v) is 7.37. The largest absolute Gasteiger partial charge is 0.397 e. The highest BCUT2D eigenvalue weighted by molar-refractivity contribution is 7.21. The van der Waals surface area contributed by atoms with Crippen molar-refractivity contribution < 1.29 is 4.79 Å². The molecule has 6 heteroatoms. The van der Waals surface area contributed by atoms with E-state index in [2.05, 4.69) is 5.10 Å². The van der Waals surface area contributed by atoms with Crippen LogP contribution < -0.4 is 10.6 Å². The average Bonchev–Trinajstić information content (AvgIpc) is 2.97. The molecule has 0 saturated carbocycles. The van der Waals surface area contributed by atoms with Crippen molar-refractivity contribution in [2.45, 2.75) is 6.92 Å². The molecule has 2 N–H and O–H groups in total. The number of thiophene rings is 1. The molecule has 0 aliphatic heterocycles. The van der Waals surface area contributed by atoms with E-state index in [1.165, 1.54) is 11.3 Å². The molecule has 0 atom stereocenters. The quantitative estimate of drug-likeness (QED) is 0.791. The normalized spacial score (nSPS) is 11.0. The first kappa shape index (κ1) is 13.6. The predicted molar refractivity (Wildman–Crippen MR) is 86.9 cm³/mol. The molecule has 0 aliphatic carbocycles. The lowest BCUT2D eigenvalue weighted by molar-refractivity contribution is 0.0997. The maximum atomic E-state index is 12.7. The molecule has 1 amide bonds. The van der Waals surface area contributed by atoms with Crippen LogP contribution in [0.4, 0.5) is 11.4 Å². The molecular weight excluding hydrogens is 284 g/mol. The summed E-state index contributed by atoms with van der Waals surface area (Å²) < 4.78 is 1.77. The second-order valence-corrected chi connectivity index (χ2v) is 5.93. The first-order chi connectivity index (χ1) is 10.0. The summed E-state index contributed by atoms with van der Waals surface area (Å²) in [5.41, 5.74) is 8.39. The number of para-hydroxylation sites is 1. The van der Waals surface area contributed by atoms with Crippen LogP contribution >= 0.6 is 11.3 Å². The van der Waals surface area contributed by atoms with Crippen LogP contribution in [0.5, 0.6) is 0 Å². The number of carbonyl (C=O) groups excluding carboxylic acids is 1. The van der Waals surface area contributed by atoms with Gasteiger partial charge in [-0.3, -0.25) is 9.48 Å². The number of nitrogens with zero attached hydrogens (tertiary/aromatic N) is 3. The number of benzene rings is 1. The number of anilines is 2. The molecular formula is C15H16N4OS. The SMILES string of the molecule is Cc1nn(C)c2sc(C(=O)N(C)c3ccccc3)c(N)c12. The van der Waals surface area contributed by atoms with Gasteiger partial charge in [0, 0.05) is 19.8 Å². The number of aromatic nitrogens is 2. The van der Waals surface area contributed by atoms with Crippen LogP contribution in [0.1, 0.15) is 15.4 Å². The van der Waals surface area contributed by atoms with Crippen molar-refractivity contribution in [3.63, 3.8) is 0 Å². The Balaban J connectivity index is 2.06. The Kier molecular flexibility index (Phi) is 3.17. The number of hydrogen-bond acceptors (Lipinski definition) is 4. The topological polar surface area (TPSA) is 64.2 Å². The molecule has 2 aromatic heterocycles. The summed E-state index contributed by atoms with van der Waals surface area (Å²) in [6.07, 6.45) is 0. The van der Waals surface area contributed by atoms with Gasteiger partial charge in [0.25, 0.3) is 5.91 Å². The molecule has 3 rings (SSSR count). The van der Waals surface area contributed by atoms with Gasteiger partial charge in [-0.25, -0.2) is 0 Å². The standard InChI is InChI=1S/C15H16N4OS/c1-9-11-12(16)13(21-15(11)19(3)17-9)14(20)18(2)10-7-5-4-6-8-10/h4-8H,16H2,1-3H3. The summed E-state index contributed by atoms with van der Waals surface area (Å²) in [5, 5.41) is 5.22. The van der Waals surface area contributed by atoms with Gasteiger partial charge in [-0.1, -0.05) is 18.2 Å². The van der Waals surface area contributed by atoms with E-state index in [1.54, 1.807) is 16.6 Å². The third-order valence-electron chi connectivity index (χ3n) is 3.52. The lowest BCUT2D eigenvalue weighted by atomic mass is 10.2. The van der Waals surface area contributed by atoms with E-state index in [0.717, 1.165) is 21.6 Å². The monoisotopic (exact) mass is 300 g/mol. The van der Waals surface area contributed by atoms with Crippen molar-refractivity contribution in [1.29, 1.82) is 0 Å². The summed E-state index contributed by atoms with van der Waals surface area (Å²) in [6.45, 7) is 1.90. The molecule has 0 spiro atoms. The van der Waals surface area contributed by atoms with E-state index < -0.39 is 0 Å². The molecule has 108 valence electrons. The Bertz CT molecular complexity index is 819. The van der Waals surface area contributed by atoms with Gasteiger partial charge in [-0.15, -0.1) is 11.3 Å². The molecule has 0 radical (unpaired) electrons. The number of hydrogen-bond donors (Lipinski definition) is 1. The van der Waals surface area contributed by atoms with Crippen molar-refractivity contribution in [3.05, 3.63) is 40.9 Å². The molecule has 0 bridgehead atoms. The highest BCUT2D eigenvalue weighted by atomic mass is 32.1. The maximum absolute atomic E-state index is 12.7. The lowest BCUT2D eigenvalue weighted by Gasteiger charge is -2.16. The van der Waals surface area contributed by atoms with Gasteiger partial charge < -0.3 is 10.6 Å². The number of rotatable bonds is 2. The van der Waals surface area contributed by atoms with Crippen LogP contribution in [0.25, 0.3) is 10.2 Å². The van der Waals surface area contributed by atoms with Crippen molar-refractivity contribution in [2.75, 3.05) is 17.7 Å². The van der Waals surface area contributed by atoms with E-state index in [4.69, 9.17) is 5.73 Å². The molecule has 21 heavy (non-hydrogen) atoms. The van der Waals surface area contributed by atoms with Crippen LogP contribution in [0.15, 0.2) is 30.3 Å². The van der Waals surface area contributed by atoms with Crippen molar-refractivity contribution in [2.24, 2.45) is 7.05 Å². The zero-order valence-electron chi connectivity index (χ0n) is 12.1. The van der Waals surface area contributed by atoms with Gasteiger partial charge in [-0.05, 0) is 19.1 Å². The van der Waals surface area contributed by atoms with Crippen LogP contribution in [0, 0.1) is 6.92 Å². The summed E-state index contributed by atoms with van der Waals surface area (Å²) >= 11 is 1.39. The number of carbonyl (C=O) groups is 1. The maximum Gasteiger partial charge on any atom is 0.270 e. The van der Waals surface area contributed by atoms with Gasteiger partial charge in [0.1, 0.15) is 9.71 Å². The smallest absolute Gasteiger partial charge is 0.270 e.